The summed E-state index contributed by atoms with van der Waals surface area (Å²) < 4.78 is 10.5. The second-order valence-corrected chi connectivity index (χ2v) is 3.24. The highest BCUT2D eigenvalue weighted by atomic mass is 79.9. The molecule has 0 saturated heterocycles. The number of hydrogen-bond donors (Lipinski definition) is 0. The molecule has 0 saturated carbocycles. The summed E-state index contributed by atoms with van der Waals surface area (Å²) >= 11 is 3.20. The van der Waals surface area contributed by atoms with Crippen molar-refractivity contribution < 1.29 is 14.4 Å². The number of benzene rings is 1. The van der Waals surface area contributed by atoms with Crippen molar-refractivity contribution in [1.82, 2.24) is 0 Å². The van der Waals surface area contributed by atoms with Gasteiger partial charge in [-0.1, -0.05) is 0 Å². The van der Waals surface area contributed by atoms with E-state index in [1.807, 2.05) is 0 Å². The average Bonchev–Trinajstić information content (AvgIpc) is 2.16. The van der Waals surface area contributed by atoms with Gasteiger partial charge in [0.15, 0.2) is 5.75 Å². The Bertz CT molecular complexity index is 367. The third-order valence-electron chi connectivity index (χ3n) is 1.65. The predicted octanol–water partition coefficient (Wildman–Crippen LogP) is 2.37. The normalized spacial score (nSPS) is 9.64. The zero-order valence-corrected chi connectivity index (χ0v) is 9.20. The van der Waals surface area contributed by atoms with E-state index in [9.17, 15) is 10.1 Å². The first kappa shape index (κ1) is 10.8. The average molecular weight is 262 g/mol. The van der Waals surface area contributed by atoms with E-state index in [2.05, 4.69) is 15.9 Å². The number of methoxy groups -OCH3 is 2. The van der Waals surface area contributed by atoms with E-state index in [0.29, 0.717) is 10.2 Å². The van der Waals surface area contributed by atoms with Gasteiger partial charge in [0.2, 0.25) is 5.75 Å². The van der Waals surface area contributed by atoms with Crippen LogP contribution in [0.2, 0.25) is 0 Å². The summed E-state index contributed by atoms with van der Waals surface area (Å²) in [6, 6.07) is 2.89. The van der Waals surface area contributed by atoms with Gasteiger partial charge in [-0.15, -0.1) is 0 Å². The first-order valence-electron chi connectivity index (χ1n) is 3.66. The van der Waals surface area contributed by atoms with E-state index in [-0.39, 0.29) is 11.4 Å². The minimum absolute atomic E-state index is 0.117. The number of hydrogen-bond acceptors (Lipinski definition) is 4. The van der Waals surface area contributed by atoms with E-state index in [1.165, 1.54) is 20.3 Å². The minimum Gasteiger partial charge on any atom is -0.492 e. The Labute approximate surface area is 88.9 Å². The molecule has 0 aliphatic heterocycles. The number of nitro groups is 1. The number of nitro benzene ring substituents is 1. The summed E-state index contributed by atoms with van der Waals surface area (Å²) in [7, 11) is 2.78. The Balaban J connectivity index is 3.40. The lowest BCUT2D eigenvalue weighted by atomic mass is 10.3. The van der Waals surface area contributed by atoms with Crippen LogP contribution in [0.3, 0.4) is 0 Å². The molecule has 0 N–H and O–H groups in total. The molecule has 6 heteroatoms. The van der Waals surface area contributed by atoms with Gasteiger partial charge in [-0.05, 0) is 22.0 Å². The first-order valence-corrected chi connectivity index (χ1v) is 4.46. The molecule has 0 aliphatic carbocycles. The molecule has 0 aliphatic rings. The van der Waals surface area contributed by atoms with Gasteiger partial charge in [0, 0.05) is 6.07 Å². The summed E-state index contributed by atoms with van der Waals surface area (Å²) in [4.78, 5) is 10.1. The quantitative estimate of drug-likeness (QED) is 0.619. The van der Waals surface area contributed by atoms with Crippen molar-refractivity contribution in [3.63, 3.8) is 0 Å². The van der Waals surface area contributed by atoms with Crippen molar-refractivity contribution in [3.8, 4) is 11.5 Å². The van der Waals surface area contributed by atoms with Gasteiger partial charge >= 0.3 is 5.69 Å². The molecular weight excluding hydrogens is 254 g/mol. The van der Waals surface area contributed by atoms with E-state index in [4.69, 9.17) is 9.47 Å². The molecule has 5 nitrogen and oxygen atoms in total. The number of rotatable bonds is 3. The fourth-order valence-electron chi connectivity index (χ4n) is 1.06. The minimum atomic E-state index is -0.520. The van der Waals surface area contributed by atoms with E-state index < -0.39 is 4.92 Å². The fraction of sp³-hybridized carbons (Fsp3) is 0.250. The molecular formula is C8H8BrNO4. The highest BCUT2D eigenvalue weighted by Gasteiger charge is 2.21. The van der Waals surface area contributed by atoms with Gasteiger partial charge in [0.25, 0.3) is 0 Å². The van der Waals surface area contributed by atoms with Gasteiger partial charge in [-0.25, -0.2) is 0 Å². The van der Waals surface area contributed by atoms with Crippen LogP contribution in [-0.2, 0) is 0 Å². The molecule has 0 spiro atoms. The van der Waals surface area contributed by atoms with Crippen molar-refractivity contribution in [2.75, 3.05) is 14.2 Å². The maximum Gasteiger partial charge on any atom is 0.314 e. The summed E-state index contributed by atoms with van der Waals surface area (Å²) in [5.41, 5.74) is -0.118. The molecule has 1 aromatic carbocycles. The highest BCUT2D eigenvalue weighted by Crippen LogP contribution is 2.41. The lowest BCUT2D eigenvalue weighted by molar-refractivity contribution is -0.385. The van der Waals surface area contributed by atoms with Gasteiger partial charge in [-0.3, -0.25) is 10.1 Å². The van der Waals surface area contributed by atoms with Crippen LogP contribution < -0.4 is 9.47 Å². The number of ether oxygens (including phenoxy) is 2. The van der Waals surface area contributed by atoms with Crippen LogP contribution in [-0.4, -0.2) is 19.1 Å². The zero-order chi connectivity index (χ0) is 10.7. The van der Waals surface area contributed by atoms with Gasteiger partial charge in [0.05, 0.1) is 23.6 Å². The molecule has 1 aromatic rings. The predicted molar refractivity (Wildman–Crippen MR) is 53.9 cm³/mol. The Hall–Kier alpha value is -1.30. The number of nitrogens with zero attached hydrogens (tertiary/aromatic N) is 1. The van der Waals surface area contributed by atoms with E-state index in [0.717, 1.165) is 0 Å². The summed E-state index contributed by atoms with van der Waals surface area (Å²) in [5, 5.41) is 10.6. The van der Waals surface area contributed by atoms with Crippen molar-refractivity contribution in [3.05, 3.63) is 26.7 Å². The zero-order valence-electron chi connectivity index (χ0n) is 7.61. The third kappa shape index (κ3) is 1.79. The summed E-state index contributed by atoms with van der Waals surface area (Å²) in [6.45, 7) is 0. The molecule has 76 valence electrons. The fourth-order valence-corrected chi connectivity index (χ4v) is 1.53. The van der Waals surface area contributed by atoms with Crippen LogP contribution >= 0.6 is 15.9 Å². The highest BCUT2D eigenvalue weighted by molar-refractivity contribution is 9.10. The largest absolute Gasteiger partial charge is 0.492 e. The lowest BCUT2D eigenvalue weighted by Gasteiger charge is -2.08. The Kier molecular flexibility index (Phi) is 3.29. The topological polar surface area (TPSA) is 61.6 Å². The number of halogens is 1. The molecule has 14 heavy (non-hydrogen) atoms. The van der Waals surface area contributed by atoms with Crippen molar-refractivity contribution in [2.24, 2.45) is 0 Å². The second-order valence-electron chi connectivity index (χ2n) is 2.39. The molecule has 0 radical (unpaired) electrons. The molecule has 0 unspecified atom stereocenters. The monoisotopic (exact) mass is 261 g/mol. The van der Waals surface area contributed by atoms with Crippen molar-refractivity contribution in [1.29, 1.82) is 0 Å². The van der Waals surface area contributed by atoms with Crippen LogP contribution in [0.25, 0.3) is 0 Å². The molecule has 0 aromatic heterocycles. The maximum atomic E-state index is 10.6. The van der Waals surface area contributed by atoms with Crippen molar-refractivity contribution >= 4 is 21.6 Å². The first-order chi connectivity index (χ1) is 6.61. The van der Waals surface area contributed by atoms with Gasteiger partial charge in [-0.2, -0.15) is 0 Å². The molecule has 0 bridgehead atoms. The molecule has 0 fully saturated rings. The van der Waals surface area contributed by atoms with Crippen LogP contribution in [0.4, 0.5) is 5.69 Å². The van der Waals surface area contributed by atoms with Crippen LogP contribution in [0, 0.1) is 10.1 Å². The molecule has 0 heterocycles. The molecule has 0 atom stereocenters. The molecule has 0 amide bonds. The standard InChI is InChI=1S/C8H8BrNO4/c1-13-7-5(9)3-4-6(10(11)12)8(7)14-2/h3-4H,1-2H3. The van der Waals surface area contributed by atoms with Crippen molar-refractivity contribution in [2.45, 2.75) is 0 Å². The van der Waals surface area contributed by atoms with Crippen LogP contribution in [0.1, 0.15) is 0 Å². The summed E-state index contributed by atoms with van der Waals surface area (Å²) in [6.07, 6.45) is 0. The third-order valence-corrected chi connectivity index (χ3v) is 2.27. The smallest absolute Gasteiger partial charge is 0.314 e. The van der Waals surface area contributed by atoms with E-state index >= 15 is 0 Å². The van der Waals surface area contributed by atoms with Gasteiger partial charge < -0.3 is 9.47 Å². The Morgan fingerprint density at radius 1 is 1.29 bits per heavy atom. The Morgan fingerprint density at radius 2 is 1.86 bits per heavy atom. The Morgan fingerprint density at radius 3 is 2.29 bits per heavy atom. The van der Waals surface area contributed by atoms with Crippen LogP contribution in [0.15, 0.2) is 16.6 Å². The lowest BCUT2D eigenvalue weighted by Crippen LogP contribution is -1.97. The maximum absolute atomic E-state index is 10.6. The second kappa shape index (κ2) is 4.28. The van der Waals surface area contributed by atoms with Crippen LogP contribution in [0.5, 0.6) is 11.5 Å². The van der Waals surface area contributed by atoms with Gasteiger partial charge in [0.1, 0.15) is 0 Å². The van der Waals surface area contributed by atoms with E-state index in [1.54, 1.807) is 6.07 Å². The SMILES string of the molecule is COc1c(Br)ccc([N+](=O)[O-])c1OC. The molecule has 1 rings (SSSR count). The summed E-state index contributed by atoms with van der Waals surface area (Å²) in [5.74, 6) is 0.438.